The molecule has 0 spiro atoms. The number of pyridine rings is 1. The Bertz CT molecular complexity index is 1190. The van der Waals surface area contributed by atoms with Crippen molar-refractivity contribution in [2.75, 3.05) is 31.3 Å². The number of aromatic nitrogens is 1. The summed E-state index contributed by atoms with van der Waals surface area (Å²) in [7, 11) is -0.763. The lowest BCUT2D eigenvalue weighted by atomic mass is 10.0. The van der Waals surface area contributed by atoms with Gasteiger partial charge in [0.15, 0.2) is 0 Å². The van der Waals surface area contributed by atoms with Crippen molar-refractivity contribution in [3.63, 3.8) is 0 Å². The summed E-state index contributed by atoms with van der Waals surface area (Å²) < 4.78 is 44.4. The second-order valence-electron chi connectivity index (χ2n) is 6.77. The first kappa shape index (κ1) is 21.7. The third kappa shape index (κ3) is 4.14. The number of fused-ring (bicyclic) bond motifs is 1. The third-order valence-electron chi connectivity index (χ3n) is 4.70. The van der Waals surface area contributed by atoms with Gasteiger partial charge in [-0.3, -0.25) is 9.10 Å². The second kappa shape index (κ2) is 8.41. The number of amides is 1. The molecule has 0 atom stereocenters. The minimum Gasteiger partial charge on any atom is -0.437 e. The lowest BCUT2D eigenvalue weighted by molar-refractivity contribution is 0.0964. The van der Waals surface area contributed by atoms with Crippen molar-refractivity contribution in [1.29, 1.82) is 0 Å². The molecule has 2 N–H and O–H groups in total. The Labute approximate surface area is 173 Å². The number of benzene rings is 1. The van der Waals surface area contributed by atoms with E-state index in [9.17, 15) is 22.7 Å². The van der Waals surface area contributed by atoms with Gasteiger partial charge in [0.2, 0.25) is 15.7 Å². The van der Waals surface area contributed by atoms with Crippen LogP contribution < -0.4 is 9.62 Å². The van der Waals surface area contributed by atoms with Crippen LogP contribution in [0.5, 0.6) is 0 Å². The quantitative estimate of drug-likeness (QED) is 0.589. The van der Waals surface area contributed by atoms with Crippen LogP contribution in [0.3, 0.4) is 0 Å². The summed E-state index contributed by atoms with van der Waals surface area (Å²) in [6.07, 6.45) is 1.78. The van der Waals surface area contributed by atoms with Crippen molar-refractivity contribution >= 4 is 32.8 Å². The van der Waals surface area contributed by atoms with Gasteiger partial charge >= 0.3 is 0 Å². The maximum Gasteiger partial charge on any atom is 0.255 e. The molecular weight excluding hydrogens is 413 g/mol. The third-order valence-corrected chi connectivity index (χ3v) is 5.87. The lowest BCUT2D eigenvalue weighted by Crippen LogP contribution is -2.27. The molecule has 1 amide bonds. The molecule has 30 heavy (non-hydrogen) atoms. The SMILES string of the molecule is CNC(=O)c1c(-c2ccc(F)cc2)oc2nc(N(C)S(C)(=O)=O)c(CCCO)cc12. The van der Waals surface area contributed by atoms with E-state index < -0.39 is 21.7 Å². The van der Waals surface area contributed by atoms with Crippen molar-refractivity contribution < 1.29 is 27.1 Å². The molecule has 8 nitrogen and oxygen atoms in total. The predicted octanol–water partition coefficient (Wildman–Crippen LogP) is 2.31. The highest BCUT2D eigenvalue weighted by molar-refractivity contribution is 7.92. The largest absolute Gasteiger partial charge is 0.437 e. The predicted molar refractivity (Wildman–Crippen MR) is 111 cm³/mol. The number of nitrogens with zero attached hydrogens (tertiary/aromatic N) is 2. The van der Waals surface area contributed by atoms with Crippen LogP contribution in [0.25, 0.3) is 22.4 Å². The van der Waals surface area contributed by atoms with Crippen LogP contribution >= 0.6 is 0 Å². The van der Waals surface area contributed by atoms with Gasteiger partial charge in [-0.2, -0.15) is 4.98 Å². The monoisotopic (exact) mass is 435 g/mol. The van der Waals surface area contributed by atoms with E-state index in [0.29, 0.717) is 29.4 Å². The normalized spacial score (nSPS) is 11.6. The summed E-state index contributed by atoms with van der Waals surface area (Å²) in [6.45, 7) is -0.0887. The van der Waals surface area contributed by atoms with E-state index >= 15 is 0 Å². The Morgan fingerprint density at radius 1 is 1.30 bits per heavy atom. The summed E-state index contributed by atoms with van der Waals surface area (Å²) in [4.78, 5) is 17.0. The van der Waals surface area contributed by atoms with Gasteiger partial charge in [-0.1, -0.05) is 0 Å². The number of carbonyl (C=O) groups is 1. The number of sulfonamides is 1. The van der Waals surface area contributed by atoms with Crippen LogP contribution in [0, 0.1) is 5.82 Å². The van der Waals surface area contributed by atoms with Crippen molar-refractivity contribution in [2.24, 2.45) is 0 Å². The second-order valence-corrected chi connectivity index (χ2v) is 8.79. The number of hydrogen-bond donors (Lipinski definition) is 2. The number of furan rings is 1. The van der Waals surface area contributed by atoms with E-state index in [1.54, 1.807) is 6.07 Å². The minimum absolute atomic E-state index is 0.0752. The summed E-state index contributed by atoms with van der Waals surface area (Å²) in [5.74, 6) is -0.504. The molecule has 0 aliphatic rings. The molecule has 0 fully saturated rings. The first-order valence-corrected chi connectivity index (χ1v) is 11.0. The number of anilines is 1. The van der Waals surface area contributed by atoms with Gasteiger partial charge in [0.25, 0.3) is 5.91 Å². The van der Waals surface area contributed by atoms with E-state index in [2.05, 4.69) is 10.3 Å². The van der Waals surface area contributed by atoms with Gasteiger partial charge in [-0.05, 0) is 48.7 Å². The molecule has 2 heterocycles. The van der Waals surface area contributed by atoms with Gasteiger partial charge in [0, 0.05) is 26.3 Å². The highest BCUT2D eigenvalue weighted by Gasteiger charge is 2.26. The van der Waals surface area contributed by atoms with Gasteiger partial charge < -0.3 is 14.8 Å². The van der Waals surface area contributed by atoms with Gasteiger partial charge in [0.1, 0.15) is 17.4 Å². The number of nitrogens with one attached hydrogen (secondary N) is 1. The maximum atomic E-state index is 13.4. The number of carbonyl (C=O) groups excluding carboxylic acids is 1. The fourth-order valence-electron chi connectivity index (χ4n) is 3.09. The van der Waals surface area contributed by atoms with Gasteiger partial charge in [-0.25, -0.2) is 12.8 Å². The first-order valence-electron chi connectivity index (χ1n) is 9.16. The zero-order chi connectivity index (χ0) is 22.1. The molecular formula is C20H22FN3O5S. The number of aliphatic hydroxyl groups is 1. The molecule has 0 unspecified atom stereocenters. The average Bonchev–Trinajstić information content (AvgIpc) is 3.08. The Hall–Kier alpha value is -2.98. The summed E-state index contributed by atoms with van der Waals surface area (Å²) in [5.41, 5.74) is 1.31. The molecule has 3 rings (SSSR count). The molecule has 0 aliphatic heterocycles. The summed E-state index contributed by atoms with van der Waals surface area (Å²) in [6, 6.07) is 7.11. The van der Waals surface area contributed by atoms with Crippen molar-refractivity contribution in [2.45, 2.75) is 12.8 Å². The highest BCUT2D eigenvalue weighted by Crippen LogP contribution is 2.36. The Morgan fingerprint density at radius 3 is 2.53 bits per heavy atom. The van der Waals surface area contributed by atoms with Crippen molar-refractivity contribution in [3.05, 3.63) is 47.3 Å². The van der Waals surface area contributed by atoms with E-state index in [-0.39, 0.29) is 29.5 Å². The topological polar surface area (TPSA) is 113 Å². The van der Waals surface area contributed by atoms with Crippen LogP contribution in [-0.4, -0.2) is 51.4 Å². The average molecular weight is 435 g/mol. The standard InChI is InChI=1S/C20H22FN3O5S/c1-22-19(26)16-15-11-13(5-4-10-25)18(24(2)30(3,27)28)23-20(15)29-17(16)12-6-8-14(21)9-7-12/h6-9,11,25H,4-5,10H2,1-3H3,(H,22,26). The molecule has 0 aliphatic carbocycles. The highest BCUT2D eigenvalue weighted by atomic mass is 32.2. The molecule has 10 heteroatoms. The Kier molecular flexibility index (Phi) is 6.09. The zero-order valence-corrected chi connectivity index (χ0v) is 17.6. The number of hydrogen-bond acceptors (Lipinski definition) is 6. The van der Waals surface area contributed by atoms with Gasteiger partial charge in [0.05, 0.1) is 17.2 Å². The number of rotatable bonds is 7. The smallest absolute Gasteiger partial charge is 0.255 e. The zero-order valence-electron chi connectivity index (χ0n) is 16.8. The van der Waals surface area contributed by atoms with Crippen LogP contribution in [-0.2, 0) is 16.4 Å². The van der Waals surface area contributed by atoms with Crippen LogP contribution in [0.1, 0.15) is 22.3 Å². The molecule has 0 bridgehead atoms. The van der Waals surface area contributed by atoms with Crippen molar-refractivity contribution in [1.82, 2.24) is 10.3 Å². The maximum absolute atomic E-state index is 13.4. The molecule has 0 saturated carbocycles. The Morgan fingerprint density at radius 2 is 1.97 bits per heavy atom. The lowest BCUT2D eigenvalue weighted by Gasteiger charge is -2.19. The van der Waals surface area contributed by atoms with Crippen LogP contribution in [0.4, 0.5) is 10.2 Å². The van der Waals surface area contributed by atoms with Crippen LogP contribution in [0.2, 0.25) is 0 Å². The van der Waals surface area contributed by atoms with E-state index in [1.807, 2.05) is 0 Å². The van der Waals surface area contributed by atoms with Gasteiger partial charge in [-0.15, -0.1) is 0 Å². The fraction of sp³-hybridized carbons (Fsp3) is 0.300. The first-order chi connectivity index (χ1) is 14.2. The van der Waals surface area contributed by atoms with Crippen LogP contribution in [0.15, 0.2) is 34.7 Å². The molecule has 3 aromatic rings. The Balaban J connectivity index is 2.31. The number of halogens is 1. The summed E-state index contributed by atoms with van der Waals surface area (Å²) >= 11 is 0. The summed E-state index contributed by atoms with van der Waals surface area (Å²) in [5, 5.41) is 12.2. The molecule has 2 aromatic heterocycles. The van der Waals surface area contributed by atoms with E-state index in [0.717, 1.165) is 10.6 Å². The molecule has 0 saturated heterocycles. The van der Waals surface area contributed by atoms with E-state index in [1.165, 1.54) is 38.4 Å². The fourth-order valence-corrected chi connectivity index (χ4v) is 3.57. The molecule has 0 radical (unpaired) electrons. The number of aryl methyl sites for hydroxylation is 1. The number of aliphatic hydroxyl groups excluding tert-OH is 1. The van der Waals surface area contributed by atoms with E-state index in [4.69, 9.17) is 4.42 Å². The molecule has 160 valence electrons. The van der Waals surface area contributed by atoms with Crippen molar-refractivity contribution in [3.8, 4) is 11.3 Å². The molecule has 1 aromatic carbocycles. The minimum atomic E-state index is -3.61.